The molecular formula is C21H35IN4O2. The maximum absolute atomic E-state index is 5.99. The highest BCUT2D eigenvalue weighted by atomic mass is 127. The molecule has 1 heterocycles. The second-order valence-electron chi connectivity index (χ2n) is 7.29. The molecule has 1 saturated heterocycles. The number of rotatable bonds is 10. The molecule has 0 spiro atoms. The Hall–Kier alpha value is -1.06. The lowest BCUT2D eigenvalue weighted by Gasteiger charge is -2.26. The van der Waals surface area contributed by atoms with Crippen LogP contribution in [0.2, 0.25) is 0 Å². The number of aliphatic imine (C=N–C) groups is 1. The highest BCUT2D eigenvalue weighted by Gasteiger charge is 2.22. The number of halogens is 1. The van der Waals surface area contributed by atoms with Gasteiger partial charge in [0, 0.05) is 31.7 Å². The van der Waals surface area contributed by atoms with E-state index in [0.717, 1.165) is 82.2 Å². The zero-order valence-corrected chi connectivity index (χ0v) is 19.3. The Morgan fingerprint density at radius 2 is 2.00 bits per heavy atom. The average Bonchev–Trinajstić information content (AvgIpc) is 3.53. The van der Waals surface area contributed by atoms with Crippen LogP contribution in [-0.2, 0) is 11.3 Å². The molecule has 3 rings (SSSR count). The Balaban J connectivity index is 0.00000280. The first kappa shape index (κ1) is 23.2. The number of morpholine rings is 1. The Morgan fingerprint density at radius 3 is 2.75 bits per heavy atom. The molecule has 28 heavy (non-hydrogen) atoms. The number of hydrogen-bond acceptors (Lipinski definition) is 4. The standard InChI is InChI=1S/C21H34N4O2.HI/c1-2-22-21(23-10-5-11-25-12-14-26-15-13-25)24-16-19-6-3-4-7-20(19)27-17-18-8-9-18;/h3-4,6-7,18H,2,5,8-17H2,1H3,(H2,22,23,24);1H. The molecule has 6 nitrogen and oxygen atoms in total. The molecule has 0 unspecified atom stereocenters. The van der Waals surface area contributed by atoms with Crippen LogP contribution in [-0.4, -0.2) is 63.4 Å². The van der Waals surface area contributed by atoms with Crippen molar-refractivity contribution in [1.29, 1.82) is 0 Å². The van der Waals surface area contributed by atoms with Crippen LogP contribution in [0.5, 0.6) is 5.75 Å². The van der Waals surface area contributed by atoms with Gasteiger partial charge < -0.3 is 20.1 Å². The fourth-order valence-corrected chi connectivity index (χ4v) is 3.11. The molecule has 0 radical (unpaired) electrons. The molecule has 0 bridgehead atoms. The van der Waals surface area contributed by atoms with Crippen LogP contribution in [0.1, 0.15) is 31.7 Å². The van der Waals surface area contributed by atoms with Gasteiger partial charge in [-0.3, -0.25) is 4.90 Å². The van der Waals surface area contributed by atoms with Crippen molar-refractivity contribution in [2.75, 3.05) is 52.5 Å². The Kier molecular flexibility index (Phi) is 11.0. The van der Waals surface area contributed by atoms with Gasteiger partial charge in [-0.1, -0.05) is 18.2 Å². The normalized spacial score (nSPS) is 17.7. The maximum Gasteiger partial charge on any atom is 0.191 e. The molecule has 1 aliphatic heterocycles. The highest BCUT2D eigenvalue weighted by Crippen LogP contribution is 2.30. The summed E-state index contributed by atoms with van der Waals surface area (Å²) in [6, 6.07) is 8.24. The number of ether oxygens (including phenoxy) is 2. The SMILES string of the molecule is CCNC(=NCc1ccccc1OCC1CC1)NCCCN1CCOCC1.I. The van der Waals surface area contributed by atoms with Crippen molar-refractivity contribution >= 4 is 29.9 Å². The number of nitrogens with zero attached hydrogens (tertiary/aromatic N) is 2. The molecular weight excluding hydrogens is 467 g/mol. The molecule has 0 atom stereocenters. The van der Waals surface area contributed by atoms with Crippen LogP contribution < -0.4 is 15.4 Å². The van der Waals surface area contributed by atoms with E-state index in [1.54, 1.807) is 0 Å². The van der Waals surface area contributed by atoms with Crippen LogP contribution in [0.3, 0.4) is 0 Å². The summed E-state index contributed by atoms with van der Waals surface area (Å²) in [4.78, 5) is 7.21. The maximum atomic E-state index is 5.99. The van der Waals surface area contributed by atoms with Crippen molar-refractivity contribution < 1.29 is 9.47 Å². The molecule has 158 valence electrons. The first-order valence-electron chi connectivity index (χ1n) is 10.4. The number of hydrogen-bond donors (Lipinski definition) is 2. The Labute approximate surface area is 186 Å². The van der Waals surface area contributed by atoms with Gasteiger partial charge in [0.15, 0.2) is 5.96 Å². The molecule has 2 fully saturated rings. The first-order valence-corrected chi connectivity index (χ1v) is 10.4. The fraction of sp³-hybridized carbons (Fsp3) is 0.667. The summed E-state index contributed by atoms with van der Waals surface area (Å²) in [5.74, 6) is 2.60. The number of para-hydroxylation sites is 1. The van der Waals surface area contributed by atoms with Gasteiger partial charge in [-0.2, -0.15) is 0 Å². The van der Waals surface area contributed by atoms with Crippen LogP contribution in [0.4, 0.5) is 0 Å². The third-order valence-electron chi connectivity index (χ3n) is 4.94. The van der Waals surface area contributed by atoms with Gasteiger partial charge in [0.05, 0.1) is 26.4 Å². The summed E-state index contributed by atoms with van der Waals surface area (Å²) < 4.78 is 11.4. The molecule has 1 aliphatic carbocycles. The van der Waals surface area contributed by atoms with Crippen LogP contribution >= 0.6 is 24.0 Å². The fourth-order valence-electron chi connectivity index (χ4n) is 3.11. The molecule has 7 heteroatoms. The minimum Gasteiger partial charge on any atom is -0.493 e. The molecule has 1 aromatic carbocycles. The van der Waals surface area contributed by atoms with E-state index in [2.05, 4.69) is 40.7 Å². The average molecular weight is 502 g/mol. The molecule has 1 saturated carbocycles. The van der Waals surface area contributed by atoms with Crippen LogP contribution in [0, 0.1) is 5.92 Å². The predicted octanol–water partition coefficient (Wildman–Crippen LogP) is 2.87. The quantitative estimate of drug-likeness (QED) is 0.223. The third kappa shape index (κ3) is 8.53. The number of nitrogens with one attached hydrogen (secondary N) is 2. The second kappa shape index (κ2) is 13.2. The molecule has 2 aliphatic rings. The first-order chi connectivity index (χ1) is 13.3. The summed E-state index contributed by atoms with van der Waals surface area (Å²) in [5.41, 5.74) is 1.14. The predicted molar refractivity (Wildman–Crippen MR) is 125 cm³/mol. The van der Waals surface area contributed by atoms with E-state index in [4.69, 9.17) is 14.5 Å². The van der Waals surface area contributed by atoms with Crippen molar-refractivity contribution in [3.63, 3.8) is 0 Å². The van der Waals surface area contributed by atoms with Gasteiger partial charge in [-0.15, -0.1) is 24.0 Å². The van der Waals surface area contributed by atoms with Crippen molar-refractivity contribution in [3.05, 3.63) is 29.8 Å². The summed E-state index contributed by atoms with van der Waals surface area (Å²) in [6.07, 6.45) is 3.71. The lowest BCUT2D eigenvalue weighted by molar-refractivity contribution is 0.0376. The van der Waals surface area contributed by atoms with Gasteiger partial charge in [0.25, 0.3) is 0 Å². The lowest BCUT2D eigenvalue weighted by Crippen LogP contribution is -2.40. The zero-order chi connectivity index (χ0) is 18.7. The zero-order valence-electron chi connectivity index (χ0n) is 17.0. The molecule has 0 amide bonds. The van der Waals surface area contributed by atoms with Crippen molar-refractivity contribution in [2.24, 2.45) is 10.9 Å². The van der Waals surface area contributed by atoms with Crippen molar-refractivity contribution in [1.82, 2.24) is 15.5 Å². The van der Waals surface area contributed by atoms with Gasteiger partial charge in [-0.05, 0) is 44.7 Å². The molecule has 2 N–H and O–H groups in total. The van der Waals surface area contributed by atoms with E-state index >= 15 is 0 Å². The van der Waals surface area contributed by atoms with Gasteiger partial charge in [-0.25, -0.2) is 4.99 Å². The van der Waals surface area contributed by atoms with E-state index in [9.17, 15) is 0 Å². The monoisotopic (exact) mass is 502 g/mol. The minimum absolute atomic E-state index is 0. The number of benzene rings is 1. The van der Waals surface area contributed by atoms with E-state index in [1.807, 2.05) is 6.07 Å². The lowest BCUT2D eigenvalue weighted by atomic mass is 10.2. The third-order valence-corrected chi connectivity index (χ3v) is 4.94. The van der Waals surface area contributed by atoms with Gasteiger partial charge in [0.2, 0.25) is 0 Å². The molecule has 0 aromatic heterocycles. The summed E-state index contributed by atoms with van der Waals surface area (Å²) in [6.45, 7) is 10.3. The Bertz CT molecular complexity index is 590. The number of guanidine groups is 1. The highest BCUT2D eigenvalue weighted by molar-refractivity contribution is 14.0. The van der Waals surface area contributed by atoms with Gasteiger partial charge in [0.1, 0.15) is 5.75 Å². The van der Waals surface area contributed by atoms with Gasteiger partial charge >= 0.3 is 0 Å². The van der Waals surface area contributed by atoms with E-state index in [0.29, 0.717) is 6.54 Å². The summed E-state index contributed by atoms with van der Waals surface area (Å²) >= 11 is 0. The largest absolute Gasteiger partial charge is 0.493 e. The smallest absolute Gasteiger partial charge is 0.191 e. The van der Waals surface area contributed by atoms with Crippen molar-refractivity contribution in [2.45, 2.75) is 32.7 Å². The summed E-state index contributed by atoms with van der Waals surface area (Å²) in [5, 5.41) is 6.79. The van der Waals surface area contributed by atoms with Crippen LogP contribution in [0.25, 0.3) is 0 Å². The summed E-state index contributed by atoms with van der Waals surface area (Å²) in [7, 11) is 0. The van der Waals surface area contributed by atoms with E-state index in [-0.39, 0.29) is 24.0 Å². The molecule has 1 aromatic rings. The van der Waals surface area contributed by atoms with Crippen molar-refractivity contribution in [3.8, 4) is 5.75 Å². The second-order valence-corrected chi connectivity index (χ2v) is 7.29. The minimum atomic E-state index is 0. The topological polar surface area (TPSA) is 58.1 Å². The van der Waals surface area contributed by atoms with E-state index in [1.165, 1.54) is 12.8 Å². The van der Waals surface area contributed by atoms with Crippen LogP contribution in [0.15, 0.2) is 29.3 Å². The van der Waals surface area contributed by atoms with E-state index < -0.39 is 0 Å². The Morgan fingerprint density at radius 1 is 1.21 bits per heavy atom.